The summed E-state index contributed by atoms with van der Waals surface area (Å²) in [6.07, 6.45) is 3.65. The number of ether oxygens (including phenoxy) is 1. The zero-order chi connectivity index (χ0) is 20.8. The molecule has 0 spiro atoms. The molecule has 0 radical (unpaired) electrons. The van der Waals surface area contributed by atoms with E-state index in [4.69, 9.17) is 4.74 Å². The van der Waals surface area contributed by atoms with Crippen LogP contribution in [-0.4, -0.2) is 53.4 Å². The average Bonchev–Trinajstić information content (AvgIpc) is 3.29. The van der Waals surface area contributed by atoms with Crippen LogP contribution in [0.5, 0.6) is 0 Å². The number of benzene rings is 2. The number of carbonyl (C=O) groups excluding carboxylic acids is 1. The Morgan fingerprint density at radius 1 is 1.10 bits per heavy atom. The molecule has 6 nitrogen and oxygen atoms in total. The molecule has 30 heavy (non-hydrogen) atoms. The van der Waals surface area contributed by atoms with Crippen molar-refractivity contribution in [2.75, 3.05) is 32.8 Å². The summed E-state index contributed by atoms with van der Waals surface area (Å²) in [7, 11) is 0. The first kappa shape index (κ1) is 20.3. The van der Waals surface area contributed by atoms with Crippen molar-refractivity contribution in [3.05, 3.63) is 89.5 Å². The van der Waals surface area contributed by atoms with Crippen molar-refractivity contribution in [3.8, 4) is 0 Å². The first-order valence-corrected chi connectivity index (χ1v) is 10.1. The number of hydrogen-bond donors (Lipinski definition) is 1. The van der Waals surface area contributed by atoms with Gasteiger partial charge in [-0.15, -0.1) is 0 Å². The molecule has 1 saturated heterocycles. The van der Waals surface area contributed by atoms with Crippen LogP contribution in [0.2, 0.25) is 0 Å². The predicted molar refractivity (Wildman–Crippen MR) is 112 cm³/mol. The Morgan fingerprint density at radius 2 is 1.83 bits per heavy atom. The van der Waals surface area contributed by atoms with Gasteiger partial charge >= 0.3 is 0 Å². The highest BCUT2D eigenvalue weighted by molar-refractivity contribution is 5.94. The summed E-state index contributed by atoms with van der Waals surface area (Å²) in [5, 5.41) is 7.24. The summed E-state index contributed by atoms with van der Waals surface area (Å²) in [6, 6.07) is 15.9. The molecule has 1 aromatic heterocycles. The topological polar surface area (TPSA) is 59.4 Å². The van der Waals surface area contributed by atoms with Crippen LogP contribution < -0.4 is 5.32 Å². The number of morpholine rings is 1. The SMILES string of the molecule is O=C(NCC(c1ccc(F)cc1)N1CCOCC1)c1ccc(Cn2cccn2)cc1. The van der Waals surface area contributed by atoms with Crippen LogP contribution in [0.25, 0.3) is 0 Å². The Kier molecular flexibility index (Phi) is 6.51. The molecule has 0 saturated carbocycles. The summed E-state index contributed by atoms with van der Waals surface area (Å²) in [5.74, 6) is -0.389. The molecule has 2 aromatic carbocycles. The molecule has 1 amide bonds. The summed E-state index contributed by atoms with van der Waals surface area (Å²) in [6.45, 7) is 3.98. The van der Waals surface area contributed by atoms with Crippen LogP contribution in [0.4, 0.5) is 4.39 Å². The molecule has 7 heteroatoms. The van der Waals surface area contributed by atoms with Crippen LogP contribution in [0, 0.1) is 5.82 Å². The number of aromatic nitrogens is 2. The van der Waals surface area contributed by atoms with E-state index in [1.165, 1.54) is 12.1 Å². The molecule has 1 aliphatic rings. The Labute approximate surface area is 175 Å². The highest BCUT2D eigenvalue weighted by atomic mass is 19.1. The Morgan fingerprint density at radius 3 is 2.50 bits per heavy atom. The number of rotatable bonds is 7. The summed E-state index contributed by atoms with van der Waals surface area (Å²) < 4.78 is 20.7. The smallest absolute Gasteiger partial charge is 0.251 e. The second kappa shape index (κ2) is 9.65. The molecule has 1 atom stereocenters. The molecule has 0 bridgehead atoms. The molecule has 156 valence electrons. The highest BCUT2D eigenvalue weighted by Gasteiger charge is 2.23. The van der Waals surface area contributed by atoms with Gasteiger partial charge in [0.25, 0.3) is 5.91 Å². The number of nitrogens with zero attached hydrogens (tertiary/aromatic N) is 3. The number of carbonyl (C=O) groups is 1. The van der Waals surface area contributed by atoms with E-state index in [1.807, 2.05) is 41.2 Å². The first-order valence-electron chi connectivity index (χ1n) is 10.1. The number of halogens is 1. The second-order valence-corrected chi connectivity index (χ2v) is 7.33. The zero-order valence-electron chi connectivity index (χ0n) is 16.7. The van der Waals surface area contributed by atoms with Gasteiger partial charge in [0.05, 0.1) is 25.8 Å². The molecule has 3 aromatic rings. The Hall–Kier alpha value is -3.03. The van der Waals surface area contributed by atoms with Crippen molar-refractivity contribution in [2.45, 2.75) is 12.6 Å². The maximum Gasteiger partial charge on any atom is 0.251 e. The molecule has 1 fully saturated rings. The van der Waals surface area contributed by atoms with Gasteiger partial charge in [0, 0.05) is 37.6 Å². The maximum absolute atomic E-state index is 13.4. The van der Waals surface area contributed by atoms with E-state index in [-0.39, 0.29) is 17.8 Å². The van der Waals surface area contributed by atoms with E-state index in [1.54, 1.807) is 18.3 Å². The minimum absolute atomic E-state index is 0.0301. The molecular weight excluding hydrogens is 383 g/mol. The van der Waals surface area contributed by atoms with Crippen LogP contribution in [-0.2, 0) is 11.3 Å². The Balaban J connectivity index is 1.40. The third kappa shape index (κ3) is 5.11. The van der Waals surface area contributed by atoms with Crippen LogP contribution in [0.1, 0.15) is 27.5 Å². The lowest BCUT2D eigenvalue weighted by Crippen LogP contribution is -2.43. The van der Waals surface area contributed by atoms with Gasteiger partial charge in [-0.2, -0.15) is 5.10 Å². The van der Waals surface area contributed by atoms with Crippen molar-refractivity contribution >= 4 is 5.91 Å². The molecule has 4 rings (SSSR count). The van der Waals surface area contributed by atoms with E-state index in [2.05, 4.69) is 15.3 Å². The minimum atomic E-state index is -0.265. The van der Waals surface area contributed by atoms with Gasteiger partial charge in [0.1, 0.15) is 5.82 Å². The highest BCUT2D eigenvalue weighted by Crippen LogP contribution is 2.22. The molecule has 2 heterocycles. The number of hydrogen-bond acceptors (Lipinski definition) is 4. The van der Waals surface area contributed by atoms with E-state index in [9.17, 15) is 9.18 Å². The zero-order valence-corrected chi connectivity index (χ0v) is 16.7. The van der Waals surface area contributed by atoms with E-state index < -0.39 is 0 Å². The lowest BCUT2D eigenvalue weighted by molar-refractivity contribution is 0.0162. The van der Waals surface area contributed by atoms with E-state index >= 15 is 0 Å². The third-order valence-corrected chi connectivity index (χ3v) is 5.32. The van der Waals surface area contributed by atoms with Crippen molar-refractivity contribution in [1.82, 2.24) is 20.0 Å². The molecule has 1 unspecified atom stereocenters. The summed E-state index contributed by atoms with van der Waals surface area (Å²) in [4.78, 5) is 15.0. The second-order valence-electron chi connectivity index (χ2n) is 7.33. The summed E-state index contributed by atoms with van der Waals surface area (Å²) in [5.41, 5.74) is 2.67. The van der Waals surface area contributed by atoms with Crippen molar-refractivity contribution in [1.29, 1.82) is 0 Å². The van der Waals surface area contributed by atoms with E-state index in [0.29, 0.717) is 31.9 Å². The fourth-order valence-electron chi connectivity index (χ4n) is 3.67. The van der Waals surface area contributed by atoms with Crippen LogP contribution in [0.3, 0.4) is 0 Å². The maximum atomic E-state index is 13.4. The van der Waals surface area contributed by atoms with Crippen LogP contribution in [0.15, 0.2) is 67.0 Å². The largest absolute Gasteiger partial charge is 0.379 e. The molecular formula is C23H25FN4O2. The fourth-order valence-corrected chi connectivity index (χ4v) is 3.67. The lowest BCUT2D eigenvalue weighted by Gasteiger charge is -2.35. The summed E-state index contributed by atoms with van der Waals surface area (Å²) >= 11 is 0. The van der Waals surface area contributed by atoms with Gasteiger partial charge in [0.15, 0.2) is 0 Å². The predicted octanol–water partition coefficient (Wildman–Crippen LogP) is 2.87. The van der Waals surface area contributed by atoms with Gasteiger partial charge < -0.3 is 10.1 Å². The first-order chi connectivity index (χ1) is 14.7. The standard InChI is InChI=1S/C23H25FN4O2/c24-21-8-6-19(7-9-21)22(27-12-14-30-15-13-27)16-25-23(29)20-4-2-18(3-5-20)17-28-11-1-10-26-28/h1-11,22H,12-17H2,(H,25,29). The van der Waals surface area contributed by atoms with E-state index in [0.717, 1.165) is 24.2 Å². The van der Waals surface area contributed by atoms with Gasteiger partial charge in [-0.3, -0.25) is 14.4 Å². The number of amides is 1. The normalized spacial score (nSPS) is 15.6. The lowest BCUT2D eigenvalue weighted by atomic mass is 10.0. The van der Waals surface area contributed by atoms with Crippen molar-refractivity contribution in [2.24, 2.45) is 0 Å². The molecule has 1 aliphatic heterocycles. The van der Waals surface area contributed by atoms with Gasteiger partial charge in [0.2, 0.25) is 0 Å². The number of nitrogens with one attached hydrogen (secondary N) is 1. The van der Waals surface area contributed by atoms with Crippen molar-refractivity contribution < 1.29 is 13.9 Å². The quantitative estimate of drug-likeness (QED) is 0.653. The molecule has 0 aliphatic carbocycles. The van der Waals surface area contributed by atoms with Crippen molar-refractivity contribution in [3.63, 3.8) is 0 Å². The van der Waals surface area contributed by atoms with Gasteiger partial charge in [-0.25, -0.2) is 4.39 Å². The Bertz CT molecular complexity index is 936. The molecule has 1 N–H and O–H groups in total. The third-order valence-electron chi connectivity index (χ3n) is 5.32. The van der Waals surface area contributed by atoms with Crippen LogP contribution >= 0.6 is 0 Å². The minimum Gasteiger partial charge on any atom is -0.379 e. The van der Waals surface area contributed by atoms with Gasteiger partial charge in [-0.05, 0) is 41.5 Å². The van der Waals surface area contributed by atoms with Gasteiger partial charge in [-0.1, -0.05) is 24.3 Å². The monoisotopic (exact) mass is 408 g/mol. The fraction of sp³-hybridized carbons (Fsp3) is 0.304. The average molecular weight is 408 g/mol.